The largest absolute Gasteiger partial charge is 0.314 e. The van der Waals surface area contributed by atoms with Crippen LogP contribution < -0.4 is 5.32 Å². The Labute approximate surface area is 131 Å². The van der Waals surface area contributed by atoms with Crippen LogP contribution in [-0.2, 0) is 0 Å². The van der Waals surface area contributed by atoms with Crippen LogP contribution in [0.4, 0.5) is 0 Å². The van der Waals surface area contributed by atoms with E-state index in [-0.39, 0.29) is 0 Å². The second-order valence-electron chi connectivity index (χ2n) is 7.53. The summed E-state index contributed by atoms with van der Waals surface area (Å²) in [5.41, 5.74) is 0. The zero-order chi connectivity index (χ0) is 14.5. The summed E-state index contributed by atoms with van der Waals surface area (Å²) in [6.45, 7) is 10.2. The lowest BCUT2D eigenvalue weighted by atomic mass is 9.99. The molecule has 3 atom stereocenters. The summed E-state index contributed by atoms with van der Waals surface area (Å²) in [4.78, 5) is 5.53. The number of nitrogens with one attached hydrogen (secondary N) is 1. The average Bonchev–Trinajstić information content (AvgIpc) is 3.08. The van der Waals surface area contributed by atoms with Gasteiger partial charge >= 0.3 is 0 Å². The van der Waals surface area contributed by atoms with Crippen LogP contribution in [0.5, 0.6) is 0 Å². The molecule has 0 aromatic rings. The number of rotatable bonds is 6. The maximum Gasteiger partial charge on any atom is 0.0223 e. The third kappa shape index (κ3) is 4.20. The molecular weight excluding hydrogens is 258 g/mol. The lowest BCUT2D eigenvalue weighted by molar-refractivity contribution is 0.206. The van der Waals surface area contributed by atoms with Crippen molar-refractivity contribution >= 4 is 0 Å². The summed E-state index contributed by atoms with van der Waals surface area (Å²) in [7, 11) is 0. The molecule has 1 saturated carbocycles. The van der Waals surface area contributed by atoms with Crippen LogP contribution in [0.2, 0.25) is 0 Å². The summed E-state index contributed by atoms with van der Waals surface area (Å²) >= 11 is 0. The van der Waals surface area contributed by atoms with E-state index in [1.807, 2.05) is 0 Å². The molecule has 0 aromatic heterocycles. The molecule has 0 spiro atoms. The molecule has 2 heterocycles. The fourth-order valence-corrected chi connectivity index (χ4v) is 4.82. The first kappa shape index (κ1) is 15.8. The molecule has 3 fully saturated rings. The van der Waals surface area contributed by atoms with Crippen molar-refractivity contribution in [2.45, 2.75) is 70.4 Å². The topological polar surface area (TPSA) is 18.5 Å². The second kappa shape index (κ2) is 7.94. The van der Waals surface area contributed by atoms with Crippen molar-refractivity contribution in [3.05, 3.63) is 0 Å². The molecule has 122 valence electrons. The van der Waals surface area contributed by atoms with E-state index in [1.165, 1.54) is 90.6 Å². The second-order valence-corrected chi connectivity index (χ2v) is 7.53. The zero-order valence-electron chi connectivity index (χ0n) is 14.0. The Morgan fingerprint density at radius 1 is 1.00 bits per heavy atom. The van der Waals surface area contributed by atoms with Crippen LogP contribution in [0.25, 0.3) is 0 Å². The standard InChI is InChI=1S/C18H35N3/c1-2-10-19-18-8-3-6-16(18)9-14-20-11-5-13-21-12-4-7-17(21)15-20/h16-19H,2-15H2,1H3. The van der Waals surface area contributed by atoms with E-state index in [1.54, 1.807) is 0 Å². The molecular formula is C18H35N3. The first-order chi connectivity index (χ1) is 10.4. The molecule has 3 rings (SSSR count). The maximum atomic E-state index is 3.79. The molecule has 0 bridgehead atoms. The highest BCUT2D eigenvalue weighted by Gasteiger charge is 2.30. The van der Waals surface area contributed by atoms with Crippen LogP contribution in [0.15, 0.2) is 0 Å². The summed E-state index contributed by atoms with van der Waals surface area (Å²) in [5, 5.41) is 3.79. The smallest absolute Gasteiger partial charge is 0.0223 e. The van der Waals surface area contributed by atoms with Gasteiger partial charge in [0.2, 0.25) is 0 Å². The summed E-state index contributed by atoms with van der Waals surface area (Å²) in [6.07, 6.45) is 11.3. The van der Waals surface area contributed by atoms with Gasteiger partial charge in [-0.1, -0.05) is 13.3 Å². The molecule has 2 saturated heterocycles. The molecule has 3 aliphatic rings. The van der Waals surface area contributed by atoms with Gasteiger partial charge < -0.3 is 10.2 Å². The van der Waals surface area contributed by atoms with Gasteiger partial charge in [0.05, 0.1) is 0 Å². The first-order valence-electron chi connectivity index (χ1n) is 9.56. The predicted molar refractivity (Wildman–Crippen MR) is 89.7 cm³/mol. The molecule has 0 radical (unpaired) electrons. The maximum absolute atomic E-state index is 3.79. The van der Waals surface area contributed by atoms with Crippen molar-refractivity contribution in [3.8, 4) is 0 Å². The van der Waals surface area contributed by atoms with Gasteiger partial charge in [-0.2, -0.15) is 0 Å². The third-order valence-corrected chi connectivity index (χ3v) is 6.02. The lowest BCUT2D eigenvalue weighted by Crippen LogP contribution is -2.39. The molecule has 1 aliphatic carbocycles. The number of fused-ring (bicyclic) bond motifs is 1. The Balaban J connectivity index is 1.43. The Bertz CT molecular complexity index is 307. The van der Waals surface area contributed by atoms with Crippen molar-refractivity contribution in [3.63, 3.8) is 0 Å². The van der Waals surface area contributed by atoms with Crippen LogP contribution >= 0.6 is 0 Å². The zero-order valence-corrected chi connectivity index (χ0v) is 14.0. The van der Waals surface area contributed by atoms with Gasteiger partial charge in [0.1, 0.15) is 0 Å². The van der Waals surface area contributed by atoms with Crippen LogP contribution in [0.1, 0.15) is 58.3 Å². The van der Waals surface area contributed by atoms with Crippen molar-refractivity contribution in [2.24, 2.45) is 5.92 Å². The van der Waals surface area contributed by atoms with Crippen LogP contribution in [0.3, 0.4) is 0 Å². The summed E-state index contributed by atoms with van der Waals surface area (Å²) < 4.78 is 0. The third-order valence-electron chi connectivity index (χ3n) is 6.02. The monoisotopic (exact) mass is 293 g/mol. The predicted octanol–water partition coefficient (Wildman–Crippen LogP) is 2.71. The molecule has 21 heavy (non-hydrogen) atoms. The molecule has 3 heteroatoms. The highest BCUT2D eigenvalue weighted by molar-refractivity contribution is 4.87. The highest BCUT2D eigenvalue weighted by Crippen LogP contribution is 2.29. The minimum Gasteiger partial charge on any atom is -0.314 e. The normalized spacial score (nSPS) is 35.0. The van der Waals surface area contributed by atoms with Crippen LogP contribution in [0, 0.1) is 5.92 Å². The SMILES string of the molecule is CCCNC1CCCC1CCN1CCCN2CCCC2C1. The van der Waals surface area contributed by atoms with Crippen molar-refractivity contribution in [1.82, 2.24) is 15.1 Å². The Morgan fingerprint density at radius 3 is 2.81 bits per heavy atom. The minimum atomic E-state index is 0.819. The van der Waals surface area contributed by atoms with E-state index >= 15 is 0 Å². The number of hydrogen-bond acceptors (Lipinski definition) is 3. The summed E-state index contributed by atoms with van der Waals surface area (Å²) in [5.74, 6) is 0.944. The Morgan fingerprint density at radius 2 is 1.90 bits per heavy atom. The van der Waals surface area contributed by atoms with Gasteiger partial charge in [-0.25, -0.2) is 0 Å². The number of hydrogen-bond donors (Lipinski definition) is 1. The first-order valence-corrected chi connectivity index (χ1v) is 9.56. The van der Waals surface area contributed by atoms with E-state index in [0.717, 1.165) is 18.0 Å². The van der Waals surface area contributed by atoms with Gasteiger partial charge in [-0.05, 0) is 83.6 Å². The van der Waals surface area contributed by atoms with Gasteiger partial charge in [-0.15, -0.1) is 0 Å². The van der Waals surface area contributed by atoms with Gasteiger partial charge in [0, 0.05) is 18.6 Å². The minimum absolute atomic E-state index is 0.819. The highest BCUT2D eigenvalue weighted by atomic mass is 15.3. The molecule has 3 unspecified atom stereocenters. The van der Waals surface area contributed by atoms with E-state index < -0.39 is 0 Å². The van der Waals surface area contributed by atoms with E-state index in [0.29, 0.717) is 0 Å². The van der Waals surface area contributed by atoms with E-state index in [4.69, 9.17) is 0 Å². The van der Waals surface area contributed by atoms with E-state index in [9.17, 15) is 0 Å². The quantitative estimate of drug-likeness (QED) is 0.812. The average molecular weight is 293 g/mol. The van der Waals surface area contributed by atoms with Gasteiger partial charge in [0.15, 0.2) is 0 Å². The Kier molecular flexibility index (Phi) is 5.96. The van der Waals surface area contributed by atoms with Gasteiger partial charge in [0.25, 0.3) is 0 Å². The molecule has 2 aliphatic heterocycles. The van der Waals surface area contributed by atoms with Crippen LogP contribution in [-0.4, -0.2) is 61.2 Å². The Hall–Kier alpha value is -0.120. The van der Waals surface area contributed by atoms with Crippen molar-refractivity contribution in [2.75, 3.05) is 39.3 Å². The number of nitrogens with zero attached hydrogens (tertiary/aromatic N) is 2. The summed E-state index contributed by atoms with van der Waals surface area (Å²) in [6, 6.07) is 1.70. The molecule has 1 N–H and O–H groups in total. The molecule has 3 nitrogen and oxygen atoms in total. The molecule has 0 amide bonds. The van der Waals surface area contributed by atoms with Gasteiger partial charge in [-0.3, -0.25) is 4.90 Å². The molecule has 0 aromatic carbocycles. The van der Waals surface area contributed by atoms with E-state index in [2.05, 4.69) is 22.0 Å². The van der Waals surface area contributed by atoms with Crippen molar-refractivity contribution in [1.29, 1.82) is 0 Å². The fourth-order valence-electron chi connectivity index (χ4n) is 4.82. The lowest BCUT2D eigenvalue weighted by Gasteiger charge is -2.28. The van der Waals surface area contributed by atoms with Crippen molar-refractivity contribution < 1.29 is 0 Å². The fraction of sp³-hybridized carbons (Fsp3) is 1.00.